The van der Waals surface area contributed by atoms with Gasteiger partial charge in [0.15, 0.2) is 0 Å². The van der Waals surface area contributed by atoms with Gasteiger partial charge >= 0.3 is 0 Å². The van der Waals surface area contributed by atoms with E-state index in [9.17, 15) is 4.79 Å². The maximum Gasteiger partial charge on any atom is 0.248 e. The van der Waals surface area contributed by atoms with Gasteiger partial charge in [0, 0.05) is 36.4 Å². The lowest BCUT2D eigenvalue weighted by Crippen LogP contribution is -2.41. The summed E-state index contributed by atoms with van der Waals surface area (Å²) in [5.41, 5.74) is 2.17. The minimum atomic E-state index is 0.0111. The molecule has 2 unspecified atom stereocenters. The topological polar surface area (TPSA) is 80.5 Å². The number of carbonyl (C=O) groups is 1. The molecule has 8 heteroatoms. The Labute approximate surface area is 186 Å². The summed E-state index contributed by atoms with van der Waals surface area (Å²) in [6, 6.07) is 10.5. The number of nitrogens with one attached hydrogen (secondary N) is 1. The fourth-order valence-corrected chi connectivity index (χ4v) is 4.84. The number of ether oxygens (including phenoxy) is 1. The van der Waals surface area contributed by atoms with Gasteiger partial charge in [0.2, 0.25) is 17.7 Å². The van der Waals surface area contributed by atoms with E-state index >= 15 is 0 Å². The Morgan fingerprint density at radius 2 is 2.13 bits per heavy atom. The van der Waals surface area contributed by atoms with Crippen molar-refractivity contribution in [1.29, 1.82) is 0 Å². The third kappa shape index (κ3) is 5.32. The lowest BCUT2D eigenvalue weighted by molar-refractivity contribution is -0.121. The molecule has 4 rings (SSSR count). The van der Waals surface area contributed by atoms with E-state index in [-0.39, 0.29) is 11.9 Å². The molecular weight excluding hydrogens is 412 g/mol. The Balaban J connectivity index is 1.30. The second-order valence-electron chi connectivity index (χ2n) is 7.92. The fraction of sp³-hybridized carbons (Fsp3) is 0.435. The monoisotopic (exact) mass is 440 g/mol. The summed E-state index contributed by atoms with van der Waals surface area (Å²) in [4.78, 5) is 14.9. The average molecular weight is 441 g/mol. The lowest BCUT2D eigenvalue weighted by atomic mass is 9.85. The highest BCUT2D eigenvalue weighted by molar-refractivity contribution is 7.08. The van der Waals surface area contributed by atoms with Gasteiger partial charge in [-0.1, -0.05) is 12.1 Å². The molecule has 1 fully saturated rings. The van der Waals surface area contributed by atoms with E-state index in [2.05, 4.69) is 39.6 Å². The molecule has 0 aliphatic carbocycles. The molecule has 1 amide bonds. The number of rotatable bonds is 8. The van der Waals surface area contributed by atoms with Crippen molar-refractivity contribution >= 4 is 17.2 Å². The predicted octanol–water partition coefficient (Wildman–Crippen LogP) is 3.94. The molecule has 2 aromatic heterocycles. The third-order valence-electron chi connectivity index (χ3n) is 5.83. The minimum absolute atomic E-state index is 0.0111. The van der Waals surface area contributed by atoms with Crippen LogP contribution in [0.3, 0.4) is 0 Å². The molecule has 7 nitrogen and oxygen atoms in total. The van der Waals surface area contributed by atoms with Gasteiger partial charge < -0.3 is 14.5 Å². The van der Waals surface area contributed by atoms with Gasteiger partial charge in [-0.3, -0.25) is 9.69 Å². The second-order valence-corrected chi connectivity index (χ2v) is 8.70. The maximum atomic E-state index is 12.5. The smallest absolute Gasteiger partial charge is 0.248 e. The first-order valence-electron chi connectivity index (χ1n) is 10.6. The van der Waals surface area contributed by atoms with Crippen LogP contribution in [0.4, 0.5) is 0 Å². The Morgan fingerprint density at radius 3 is 2.87 bits per heavy atom. The Bertz CT molecular complexity index is 971. The highest BCUT2D eigenvalue weighted by Gasteiger charge is 2.30. The van der Waals surface area contributed by atoms with Crippen LogP contribution in [0, 0.1) is 5.92 Å². The molecule has 1 saturated heterocycles. The van der Waals surface area contributed by atoms with Crippen LogP contribution >= 0.6 is 11.3 Å². The number of piperidine rings is 1. The normalized spacial score (nSPS) is 19.3. The zero-order chi connectivity index (χ0) is 21.6. The quantitative estimate of drug-likeness (QED) is 0.572. The molecule has 1 aliphatic rings. The van der Waals surface area contributed by atoms with Crippen LogP contribution in [0.5, 0.6) is 5.75 Å². The summed E-state index contributed by atoms with van der Waals surface area (Å²) in [6.07, 6.45) is 3.00. The van der Waals surface area contributed by atoms with Crippen LogP contribution < -0.4 is 10.1 Å². The zero-order valence-electron chi connectivity index (χ0n) is 17.9. The van der Waals surface area contributed by atoms with E-state index in [1.165, 1.54) is 5.56 Å². The SMILES string of the molecule is COc1ccc(C2C(CNC(=O)CCc3nnc(-c4ccsc4)o3)CCCN2C)cc1. The van der Waals surface area contributed by atoms with E-state index in [4.69, 9.17) is 9.15 Å². The van der Waals surface area contributed by atoms with Crippen LogP contribution in [-0.4, -0.2) is 48.3 Å². The van der Waals surface area contributed by atoms with Crippen LogP contribution in [0.2, 0.25) is 0 Å². The van der Waals surface area contributed by atoms with E-state index in [0.29, 0.717) is 37.1 Å². The summed E-state index contributed by atoms with van der Waals surface area (Å²) in [5, 5.41) is 15.2. The van der Waals surface area contributed by atoms with Gasteiger partial charge in [0.1, 0.15) is 5.75 Å². The summed E-state index contributed by atoms with van der Waals surface area (Å²) >= 11 is 1.58. The number of amides is 1. The van der Waals surface area contributed by atoms with Crippen molar-refractivity contribution in [3.05, 3.63) is 52.5 Å². The fourth-order valence-electron chi connectivity index (χ4n) is 4.21. The number of likely N-dealkylation sites (tertiary alicyclic amines) is 1. The molecule has 3 heterocycles. The summed E-state index contributed by atoms with van der Waals surface area (Å²) < 4.78 is 11.0. The number of thiophene rings is 1. The molecule has 164 valence electrons. The first-order valence-corrected chi connectivity index (χ1v) is 11.5. The van der Waals surface area contributed by atoms with E-state index < -0.39 is 0 Å². The van der Waals surface area contributed by atoms with Gasteiger partial charge in [-0.2, -0.15) is 11.3 Å². The molecule has 0 saturated carbocycles. The summed E-state index contributed by atoms with van der Waals surface area (Å²) in [6.45, 7) is 1.72. The lowest BCUT2D eigenvalue weighted by Gasteiger charge is -2.39. The van der Waals surface area contributed by atoms with Gasteiger partial charge in [-0.05, 0) is 61.5 Å². The van der Waals surface area contributed by atoms with E-state index in [1.54, 1.807) is 18.4 Å². The first kappa shape index (κ1) is 21.5. The third-order valence-corrected chi connectivity index (χ3v) is 6.51. The molecule has 31 heavy (non-hydrogen) atoms. The second kappa shape index (κ2) is 10.1. The Morgan fingerprint density at radius 1 is 1.29 bits per heavy atom. The van der Waals surface area contributed by atoms with E-state index in [1.807, 2.05) is 29.0 Å². The predicted molar refractivity (Wildman–Crippen MR) is 120 cm³/mol. The van der Waals surface area contributed by atoms with E-state index in [0.717, 1.165) is 30.7 Å². The highest BCUT2D eigenvalue weighted by Crippen LogP contribution is 2.35. The van der Waals surface area contributed by atoms with Crippen molar-refractivity contribution in [2.45, 2.75) is 31.7 Å². The number of hydrogen-bond donors (Lipinski definition) is 1. The molecule has 3 aromatic rings. The number of hydrogen-bond acceptors (Lipinski definition) is 7. The number of aryl methyl sites for hydroxylation is 1. The first-order chi connectivity index (χ1) is 15.1. The van der Waals surface area contributed by atoms with Gasteiger partial charge in [0.05, 0.1) is 7.11 Å². The average Bonchev–Trinajstić information content (AvgIpc) is 3.48. The molecule has 1 aromatic carbocycles. The van der Waals surface area contributed by atoms with Crippen LogP contribution in [0.15, 0.2) is 45.5 Å². The standard InChI is InChI=1S/C23H28N4O3S/c1-27-12-3-4-17(22(27)16-5-7-19(29-2)8-6-16)14-24-20(28)9-10-21-25-26-23(30-21)18-11-13-31-15-18/h5-8,11,13,15,17,22H,3-4,9-10,12,14H2,1-2H3,(H,24,28). The van der Waals surface area contributed by atoms with Crippen LogP contribution in [0.1, 0.15) is 36.8 Å². The number of carbonyl (C=O) groups excluding carboxylic acids is 1. The van der Waals surface area contributed by atoms with Gasteiger partial charge in [0.25, 0.3) is 0 Å². The molecule has 0 spiro atoms. The number of aromatic nitrogens is 2. The highest BCUT2D eigenvalue weighted by atomic mass is 32.1. The van der Waals surface area contributed by atoms with Crippen molar-refractivity contribution in [2.75, 3.05) is 27.2 Å². The van der Waals surface area contributed by atoms with Crippen LogP contribution in [-0.2, 0) is 11.2 Å². The molecule has 0 radical (unpaired) electrons. The van der Waals surface area contributed by atoms with Gasteiger partial charge in [-0.25, -0.2) is 0 Å². The van der Waals surface area contributed by atoms with Crippen molar-refractivity contribution in [2.24, 2.45) is 5.92 Å². The number of methoxy groups -OCH3 is 1. The molecular formula is C23H28N4O3S. The maximum absolute atomic E-state index is 12.5. The van der Waals surface area contributed by atoms with Crippen molar-refractivity contribution < 1.29 is 13.9 Å². The molecule has 2 atom stereocenters. The van der Waals surface area contributed by atoms with Crippen molar-refractivity contribution in [3.63, 3.8) is 0 Å². The molecule has 1 aliphatic heterocycles. The Hall–Kier alpha value is -2.71. The molecule has 0 bridgehead atoms. The minimum Gasteiger partial charge on any atom is -0.497 e. The number of nitrogens with zero attached hydrogens (tertiary/aromatic N) is 3. The Kier molecular flexibility index (Phi) is 6.99. The van der Waals surface area contributed by atoms with Crippen LogP contribution in [0.25, 0.3) is 11.5 Å². The zero-order valence-corrected chi connectivity index (χ0v) is 18.7. The van der Waals surface area contributed by atoms with Crippen molar-refractivity contribution in [1.82, 2.24) is 20.4 Å². The summed E-state index contributed by atoms with van der Waals surface area (Å²) in [5.74, 6) is 2.23. The molecule has 1 N–H and O–H groups in total. The largest absolute Gasteiger partial charge is 0.497 e. The van der Waals surface area contributed by atoms with Gasteiger partial charge in [-0.15, -0.1) is 10.2 Å². The summed E-state index contributed by atoms with van der Waals surface area (Å²) in [7, 11) is 3.83. The van der Waals surface area contributed by atoms with Crippen molar-refractivity contribution in [3.8, 4) is 17.2 Å². The number of benzene rings is 1.